The summed E-state index contributed by atoms with van der Waals surface area (Å²) >= 11 is 0. The van der Waals surface area contributed by atoms with Crippen molar-refractivity contribution < 1.29 is 28.4 Å². The van der Waals surface area contributed by atoms with Gasteiger partial charge in [0.25, 0.3) is 0 Å². The molecular weight excluding hydrogens is 362 g/mol. The smallest absolute Gasteiger partial charge is 0.231 e. The van der Waals surface area contributed by atoms with Crippen LogP contribution in [-0.4, -0.2) is 39.2 Å². The van der Waals surface area contributed by atoms with Gasteiger partial charge in [0.05, 0.1) is 11.6 Å². The van der Waals surface area contributed by atoms with Gasteiger partial charge in [-0.25, -0.2) is 0 Å². The number of rotatable bonds is 1. The number of nitrogens with zero attached hydrogens (tertiary/aromatic N) is 1. The van der Waals surface area contributed by atoms with Crippen molar-refractivity contribution in [2.45, 2.75) is 24.9 Å². The standard InChI is InChI=1S/C21H21NO6/c1-22-6-5-11-7-15-16(26-9-25-15)8-13(11)19-18(22)12-3-4-14-20(27-10-24-14)17(12)21(23-2)28-19/h3-4,7-8,18-19,21H,5-6,9-10H2,1-2H3/t18-,19+,21-/m1/s1. The monoisotopic (exact) mass is 383 g/mol. The normalized spacial score (nSPS) is 27.0. The molecule has 7 heteroatoms. The van der Waals surface area contributed by atoms with Crippen LogP contribution < -0.4 is 18.9 Å². The van der Waals surface area contributed by atoms with Crippen LogP contribution in [0.1, 0.15) is 40.7 Å². The number of fused-ring (bicyclic) bond motifs is 8. The highest BCUT2D eigenvalue weighted by Crippen LogP contribution is 2.55. The van der Waals surface area contributed by atoms with Gasteiger partial charge in [-0.05, 0) is 48.4 Å². The maximum Gasteiger partial charge on any atom is 0.231 e. The van der Waals surface area contributed by atoms with E-state index in [1.165, 1.54) is 5.56 Å². The first kappa shape index (κ1) is 16.5. The number of hydrogen-bond acceptors (Lipinski definition) is 7. The maximum absolute atomic E-state index is 6.53. The number of likely N-dealkylation sites (N-methyl/N-ethyl adjacent to an activating group) is 1. The summed E-state index contributed by atoms with van der Waals surface area (Å²) in [5.41, 5.74) is 4.43. The van der Waals surface area contributed by atoms with Gasteiger partial charge >= 0.3 is 0 Å². The number of methoxy groups -OCH3 is 1. The molecule has 4 aliphatic rings. The summed E-state index contributed by atoms with van der Waals surface area (Å²) in [4.78, 5) is 2.34. The van der Waals surface area contributed by atoms with E-state index in [2.05, 4.69) is 30.1 Å². The molecule has 0 unspecified atom stereocenters. The lowest BCUT2D eigenvalue weighted by Gasteiger charge is -2.41. The molecule has 0 aromatic heterocycles. The molecule has 0 saturated carbocycles. The van der Waals surface area contributed by atoms with Crippen molar-refractivity contribution in [2.24, 2.45) is 0 Å². The lowest BCUT2D eigenvalue weighted by atomic mass is 9.87. The zero-order valence-electron chi connectivity index (χ0n) is 15.8. The summed E-state index contributed by atoms with van der Waals surface area (Å²) in [5.74, 6) is 3.05. The zero-order chi connectivity index (χ0) is 18.8. The van der Waals surface area contributed by atoms with Crippen LogP contribution in [0.5, 0.6) is 23.0 Å². The molecule has 0 amide bonds. The SMILES string of the molecule is CO[C@@H]1O[C@H]2c3cc4c(cc3CCN(C)[C@@H]2c2ccc3c(c21)OCO3)OCO4. The zero-order valence-corrected chi connectivity index (χ0v) is 15.8. The molecule has 0 radical (unpaired) electrons. The highest BCUT2D eigenvalue weighted by Gasteiger charge is 2.44. The predicted molar refractivity (Wildman–Crippen MR) is 97.8 cm³/mol. The van der Waals surface area contributed by atoms with E-state index in [9.17, 15) is 0 Å². The fourth-order valence-corrected chi connectivity index (χ4v) is 4.75. The molecule has 146 valence electrons. The van der Waals surface area contributed by atoms with Crippen LogP contribution in [-0.2, 0) is 15.9 Å². The second-order valence-electron chi connectivity index (χ2n) is 7.51. The van der Waals surface area contributed by atoms with Crippen molar-refractivity contribution in [3.63, 3.8) is 0 Å². The van der Waals surface area contributed by atoms with Gasteiger partial charge in [0.1, 0.15) is 6.10 Å². The van der Waals surface area contributed by atoms with Gasteiger partial charge in [0, 0.05) is 13.7 Å². The van der Waals surface area contributed by atoms with E-state index in [4.69, 9.17) is 28.4 Å². The van der Waals surface area contributed by atoms with Gasteiger partial charge in [-0.3, -0.25) is 4.90 Å². The van der Waals surface area contributed by atoms with Gasteiger partial charge in [-0.15, -0.1) is 0 Å². The van der Waals surface area contributed by atoms with Crippen molar-refractivity contribution in [3.8, 4) is 23.0 Å². The first-order chi connectivity index (χ1) is 13.7. The number of ether oxygens (including phenoxy) is 6. The molecule has 7 nitrogen and oxygen atoms in total. The molecule has 0 saturated heterocycles. The van der Waals surface area contributed by atoms with Gasteiger partial charge in [0.15, 0.2) is 29.3 Å². The van der Waals surface area contributed by atoms with Crippen molar-refractivity contribution in [1.82, 2.24) is 4.90 Å². The van der Waals surface area contributed by atoms with Crippen molar-refractivity contribution >= 4 is 0 Å². The van der Waals surface area contributed by atoms with Crippen molar-refractivity contribution in [2.75, 3.05) is 34.3 Å². The predicted octanol–water partition coefficient (Wildman–Crippen LogP) is 3.09. The fraction of sp³-hybridized carbons (Fsp3) is 0.429. The molecule has 28 heavy (non-hydrogen) atoms. The summed E-state index contributed by atoms with van der Waals surface area (Å²) in [5, 5.41) is 0. The van der Waals surface area contributed by atoms with E-state index in [-0.39, 0.29) is 25.7 Å². The van der Waals surface area contributed by atoms with Crippen molar-refractivity contribution in [3.05, 3.63) is 46.5 Å². The molecule has 0 aliphatic carbocycles. The Balaban J connectivity index is 1.54. The molecule has 4 heterocycles. The van der Waals surface area contributed by atoms with Gasteiger partial charge in [0.2, 0.25) is 13.6 Å². The first-order valence-electron chi connectivity index (χ1n) is 9.48. The molecule has 0 N–H and O–H groups in total. The number of hydrogen-bond donors (Lipinski definition) is 0. The van der Waals surface area contributed by atoms with Crippen LogP contribution in [0.3, 0.4) is 0 Å². The van der Waals surface area contributed by atoms with E-state index in [0.29, 0.717) is 0 Å². The lowest BCUT2D eigenvalue weighted by Crippen LogP contribution is -2.35. The molecule has 2 aromatic carbocycles. The summed E-state index contributed by atoms with van der Waals surface area (Å²) in [6, 6.07) is 8.30. The van der Waals surface area contributed by atoms with Crippen LogP contribution in [0, 0.1) is 0 Å². The highest BCUT2D eigenvalue weighted by atomic mass is 16.7. The Kier molecular flexibility index (Phi) is 3.53. The molecule has 3 atom stereocenters. The third-order valence-corrected chi connectivity index (χ3v) is 6.09. The van der Waals surface area contributed by atoms with Crippen LogP contribution in [0.4, 0.5) is 0 Å². The quantitative estimate of drug-likeness (QED) is 0.750. The van der Waals surface area contributed by atoms with Crippen LogP contribution in [0.15, 0.2) is 24.3 Å². The second-order valence-corrected chi connectivity index (χ2v) is 7.51. The minimum atomic E-state index is -0.530. The van der Waals surface area contributed by atoms with Crippen LogP contribution in [0.25, 0.3) is 0 Å². The average molecular weight is 383 g/mol. The topological polar surface area (TPSA) is 58.6 Å². The number of benzene rings is 2. The van der Waals surface area contributed by atoms with Gasteiger partial charge < -0.3 is 28.4 Å². The minimum Gasteiger partial charge on any atom is -0.454 e. The fourth-order valence-electron chi connectivity index (χ4n) is 4.75. The molecule has 0 fully saturated rings. The van der Waals surface area contributed by atoms with E-state index in [1.807, 2.05) is 6.07 Å². The minimum absolute atomic E-state index is 0.0394. The Labute approximate surface area is 162 Å². The van der Waals surface area contributed by atoms with E-state index < -0.39 is 6.29 Å². The summed E-state index contributed by atoms with van der Waals surface area (Å²) in [6.45, 7) is 1.39. The Bertz CT molecular complexity index is 960. The van der Waals surface area contributed by atoms with Gasteiger partial charge in [-0.2, -0.15) is 0 Å². The molecular formula is C21H21NO6. The summed E-state index contributed by atoms with van der Waals surface area (Å²) < 4.78 is 34.8. The third kappa shape index (κ3) is 2.21. The maximum atomic E-state index is 6.53. The van der Waals surface area contributed by atoms with E-state index in [1.54, 1.807) is 7.11 Å². The van der Waals surface area contributed by atoms with Gasteiger partial charge in [-0.1, -0.05) is 6.07 Å². The summed E-state index contributed by atoms with van der Waals surface area (Å²) in [7, 11) is 3.79. The Morgan fingerprint density at radius 1 is 0.964 bits per heavy atom. The summed E-state index contributed by atoms with van der Waals surface area (Å²) in [6.07, 6.45) is 0.198. The Hall–Kier alpha value is -2.48. The third-order valence-electron chi connectivity index (χ3n) is 6.09. The van der Waals surface area contributed by atoms with E-state index in [0.717, 1.165) is 52.7 Å². The molecule has 0 spiro atoms. The molecule has 2 aromatic rings. The van der Waals surface area contributed by atoms with Crippen molar-refractivity contribution in [1.29, 1.82) is 0 Å². The van der Waals surface area contributed by atoms with Crippen LogP contribution >= 0.6 is 0 Å². The molecule has 4 aliphatic heterocycles. The first-order valence-corrected chi connectivity index (χ1v) is 9.48. The largest absolute Gasteiger partial charge is 0.454 e. The Morgan fingerprint density at radius 2 is 1.75 bits per heavy atom. The molecule has 0 bridgehead atoms. The second kappa shape index (κ2) is 6.01. The van der Waals surface area contributed by atoms with Crippen LogP contribution in [0.2, 0.25) is 0 Å². The lowest BCUT2D eigenvalue weighted by molar-refractivity contribution is -0.190. The average Bonchev–Trinajstić information content (AvgIpc) is 3.35. The molecule has 6 rings (SSSR count). The Morgan fingerprint density at radius 3 is 2.61 bits per heavy atom. The highest BCUT2D eigenvalue weighted by molar-refractivity contribution is 5.56. The van der Waals surface area contributed by atoms with E-state index >= 15 is 0 Å².